The minimum Gasteiger partial charge on any atom is -0.273 e. The zero-order chi connectivity index (χ0) is 11.8. The van der Waals surface area contributed by atoms with Crippen LogP contribution < -0.4 is 5.48 Å². The third kappa shape index (κ3) is 5.46. The fraction of sp³-hybridized carbons (Fsp3) is 0.500. The molecule has 0 saturated heterocycles. The van der Waals surface area contributed by atoms with E-state index in [1.54, 1.807) is 12.4 Å². The first-order chi connectivity index (χ1) is 7.68. The van der Waals surface area contributed by atoms with Gasteiger partial charge in [-0.2, -0.15) is 0 Å². The lowest BCUT2D eigenvalue weighted by Gasteiger charge is -2.07. The van der Waals surface area contributed by atoms with Gasteiger partial charge in [0.15, 0.2) is 0 Å². The highest BCUT2D eigenvalue weighted by Gasteiger charge is 2.02. The number of carbonyl (C=O) groups excluding carboxylic acids is 1. The lowest BCUT2D eigenvalue weighted by atomic mass is 10.1. The molecule has 0 aliphatic heterocycles. The number of aromatic nitrogens is 1. The number of hydrogen-bond donors (Lipinski definition) is 1. The van der Waals surface area contributed by atoms with Crippen molar-refractivity contribution in [1.82, 2.24) is 10.5 Å². The molecular formula is C12H18N2O2. The maximum Gasteiger partial charge on any atom is 0.243 e. The summed E-state index contributed by atoms with van der Waals surface area (Å²) in [6.45, 7) is 4.60. The van der Waals surface area contributed by atoms with E-state index in [1.807, 2.05) is 26.0 Å². The Labute approximate surface area is 96.0 Å². The van der Waals surface area contributed by atoms with Gasteiger partial charge in [-0.3, -0.25) is 14.6 Å². The highest BCUT2D eigenvalue weighted by atomic mass is 16.6. The predicted octanol–water partition coefficient (Wildman–Crippen LogP) is 1.72. The fourth-order valence-corrected chi connectivity index (χ4v) is 1.15. The van der Waals surface area contributed by atoms with Gasteiger partial charge in [-0.25, -0.2) is 5.48 Å². The van der Waals surface area contributed by atoms with Crippen molar-refractivity contribution in [3.63, 3.8) is 0 Å². The number of hydrogen-bond acceptors (Lipinski definition) is 3. The lowest BCUT2D eigenvalue weighted by molar-refractivity contribution is -0.134. The van der Waals surface area contributed by atoms with Crippen molar-refractivity contribution >= 4 is 5.91 Å². The fourth-order valence-electron chi connectivity index (χ4n) is 1.15. The van der Waals surface area contributed by atoms with E-state index < -0.39 is 0 Å². The summed E-state index contributed by atoms with van der Waals surface area (Å²) in [6, 6.07) is 3.81. The summed E-state index contributed by atoms with van der Waals surface area (Å²) in [6.07, 6.45) is 4.59. The number of nitrogens with zero attached hydrogens (tertiary/aromatic N) is 1. The molecule has 0 atom stereocenters. The van der Waals surface area contributed by atoms with Gasteiger partial charge in [0.1, 0.15) is 0 Å². The van der Waals surface area contributed by atoms with Crippen molar-refractivity contribution in [2.24, 2.45) is 5.92 Å². The van der Waals surface area contributed by atoms with Crippen LogP contribution in [0, 0.1) is 5.92 Å². The van der Waals surface area contributed by atoms with Crippen LogP contribution in [0.4, 0.5) is 0 Å². The topological polar surface area (TPSA) is 51.2 Å². The summed E-state index contributed by atoms with van der Waals surface area (Å²) >= 11 is 0. The van der Waals surface area contributed by atoms with Gasteiger partial charge in [-0.15, -0.1) is 0 Å². The minimum absolute atomic E-state index is 0.0857. The highest BCUT2D eigenvalue weighted by Crippen LogP contribution is 2.00. The van der Waals surface area contributed by atoms with Crippen molar-refractivity contribution in [2.75, 3.05) is 6.61 Å². The predicted molar refractivity (Wildman–Crippen MR) is 61.5 cm³/mol. The normalized spacial score (nSPS) is 10.4. The van der Waals surface area contributed by atoms with Crippen LogP contribution in [0.15, 0.2) is 24.5 Å². The van der Waals surface area contributed by atoms with Crippen molar-refractivity contribution in [3.8, 4) is 0 Å². The van der Waals surface area contributed by atoms with Gasteiger partial charge in [0, 0.05) is 18.8 Å². The van der Waals surface area contributed by atoms with Gasteiger partial charge in [0.2, 0.25) is 5.91 Å². The SMILES string of the molecule is CC(C)CONC(=O)CCc1ccncc1. The van der Waals surface area contributed by atoms with E-state index in [1.165, 1.54) is 0 Å². The summed E-state index contributed by atoms with van der Waals surface area (Å²) < 4.78 is 0. The van der Waals surface area contributed by atoms with Crippen LogP contribution in [0.3, 0.4) is 0 Å². The summed E-state index contributed by atoms with van der Waals surface area (Å²) in [7, 11) is 0. The minimum atomic E-state index is -0.0857. The number of pyridine rings is 1. The lowest BCUT2D eigenvalue weighted by Crippen LogP contribution is -2.25. The second-order valence-electron chi connectivity index (χ2n) is 4.09. The van der Waals surface area contributed by atoms with Crippen molar-refractivity contribution < 1.29 is 9.63 Å². The van der Waals surface area contributed by atoms with Gasteiger partial charge in [-0.05, 0) is 30.0 Å². The third-order valence-electron chi connectivity index (χ3n) is 1.99. The van der Waals surface area contributed by atoms with E-state index in [9.17, 15) is 4.79 Å². The van der Waals surface area contributed by atoms with Crippen LogP contribution >= 0.6 is 0 Å². The van der Waals surface area contributed by atoms with Gasteiger partial charge in [-0.1, -0.05) is 13.8 Å². The number of rotatable bonds is 6. The molecule has 0 fully saturated rings. The molecule has 0 aliphatic carbocycles. The van der Waals surface area contributed by atoms with Crippen molar-refractivity contribution in [1.29, 1.82) is 0 Å². The van der Waals surface area contributed by atoms with Crippen LogP contribution in [0.25, 0.3) is 0 Å². The average molecular weight is 222 g/mol. The molecule has 1 N–H and O–H groups in total. The van der Waals surface area contributed by atoms with Gasteiger partial charge in [0.05, 0.1) is 6.61 Å². The molecule has 1 heterocycles. The van der Waals surface area contributed by atoms with E-state index in [-0.39, 0.29) is 5.91 Å². The molecule has 0 saturated carbocycles. The van der Waals surface area contributed by atoms with Crippen LogP contribution in [0.1, 0.15) is 25.8 Å². The van der Waals surface area contributed by atoms with Gasteiger partial charge >= 0.3 is 0 Å². The Hall–Kier alpha value is -1.42. The second-order valence-corrected chi connectivity index (χ2v) is 4.09. The van der Waals surface area contributed by atoms with E-state index >= 15 is 0 Å². The highest BCUT2D eigenvalue weighted by molar-refractivity contribution is 5.74. The largest absolute Gasteiger partial charge is 0.273 e. The molecule has 1 aromatic heterocycles. The van der Waals surface area contributed by atoms with Crippen LogP contribution in [-0.2, 0) is 16.1 Å². The maximum absolute atomic E-state index is 11.3. The van der Waals surface area contributed by atoms with Crippen molar-refractivity contribution in [2.45, 2.75) is 26.7 Å². The first-order valence-corrected chi connectivity index (χ1v) is 5.48. The average Bonchev–Trinajstić information content (AvgIpc) is 2.27. The smallest absolute Gasteiger partial charge is 0.243 e. The molecule has 0 aromatic carbocycles. The quantitative estimate of drug-likeness (QED) is 0.745. The molecule has 1 aromatic rings. The molecule has 1 amide bonds. The van der Waals surface area contributed by atoms with Crippen LogP contribution in [0.2, 0.25) is 0 Å². The van der Waals surface area contributed by atoms with Gasteiger partial charge < -0.3 is 0 Å². The molecule has 0 radical (unpaired) electrons. The Bertz CT molecular complexity index is 312. The summed E-state index contributed by atoms with van der Waals surface area (Å²) in [5.74, 6) is 0.331. The number of amides is 1. The molecule has 0 unspecified atom stereocenters. The Kier molecular flexibility index (Phi) is 5.50. The van der Waals surface area contributed by atoms with Crippen LogP contribution in [-0.4, -0.2) is 17.5 Å². The number of aryl methyl sites for hydroxylation is 1. The molecule has 0 aliphatic rings. The van der Waals surface area contributed by atoms with Crippen LogP contribution in [0.5, 0.6) is 0 Å². The number of hydroxylamine groups is 1. The molecule has 16 heavy (non-hydrogen) atoms. The molecule has 0 spiro atoms. The Morgan fingerprint density at radius 2 is 2.12 bits per heavy atom. The zero-order valence-corrected chi connectivity index (χ0v) is 9.77. The van der Waals surface area contributed by atoms with Gasteiger partial charge in [0.25, 0.3) is 0 Å². The summed E-state index contributed by atoms with van der Waals surface area (Å²) in [5, 5.41) is 0. The first-order valence-electron chi connectivity index (χ1n) is 5.48. The van der Waals surface area contributed by atoms with E-state index in [0.717, 1.165) is 5.56 Å². The monoisotopic (exact) mass is 222 g/mol. The van der Waals surface area contributed by atoms with Crippen molar-refractivity contribution in [3.05, 3.63) is 30.1 Å². The van der Waals surface area contributed by atoms with E-state index in [0.29, 0.717) is 25.4 Å². The Morgan fingerprint density at radius 3 is 2.75 bits per heavy atom. The van der Waals surface area contributed by atoms with E-state index in [4.69, 9.17) is 4.84 Å². The number of nitrogens with one attached hydrogen (secondary N) is 1. The van der Waals surface area contributed by atoms with E-state index in [2.05, 4.69) is 10.5 Å². The first kappa shape index (κ1) is 12.6. The molecule has 1 rings (SSSR count). The Balaban J connectivity index is 2.16. The summed E-state index contributed by atoms with van der Waals surface area (Å²) in [5.41, 5.74) is 3.54. The summed E-state index contributed by atoms with van der Waals surface area (Å²) in [4.78, 5) is 20.3. The number of carbonyl (C=O) groups is 1. The molecular weight excluding hydrogens is 204 g/mol. The maximum atomic E-state index is 11.3. The second kappa shape index (κ2) is 6.95. The zero-order valence-electron chi connectivity index (χ0n) is 9.77. The molecule has 4 heteroatoms. The standard InChI is InChI=1S/C12H18N2O2/c1-10(2)9-16-14-12(15)4-3-11-5-7-13-8-6-11/h5-8,10H,3-4,9H2,1-2H3,(H,14,15). The molecule has 0 bridgehead atoms. The molecule has 88 valence electrons. The Morgan fingerprint density at radius 1 is 1.44 bits per heavy atom. The molecule has 4 nitrogen and oxygen atoms in total. The third-order valence-corrected chi connectivity index (χ3v) is 1.99.